The second kappa shape index (κ2) is 28.7. The fraction of sp³-hybridized carbons (Fsp3) is 0.348. The number of likely N-dealkylation sites (tertiary alicyclic amines) is 1. The number of aromatic amines is 1. The predicted molar refractivity (Wildman–Crippen MR) is 369 cm³/mol. The predicted octanol–water partition coefficient (Wildman–Crippen LogP) is 13.6. The van der Waals surface area contributed by atoms with E-state index in [-0.39, 0.29) is 5.56 Å². The van der Waals surface area contributed by atoms with Gasteiger partial charge < -0.3 is 44.9 Å². The highest BCUT2D eigenvalue weighted by Gasteiger charge is 2.24. The molecule has 15 rings (SSSR count). The topological polar surface area (TPSA) is 213 Å². The van der Waals surface area contributed by atoms with E-state index in [0.29, 0.717) is 17.0 Å². The number of H-pyrrole nitrogens is 1. The van der Waals surface area contributed by atoms with Crippen LogP contribution in [0.3, 0.4) is 0 Å². The molecule has 1 saturated carbocycles. The normalized spacial score (nSPS) is 15.4. The lowest BCUT2D eigenvalue weighted by Crippen LogP contribution is -2.44. The van der Waals surface area contributed by atoms with Crippen molar-refractivity contribution in [1.29, 1.82) is 0 Å². The summed E-state index contributed by atoms with van der Waals surface area (Å²) in [6.45, 7) is 12.1. The van der Waals surface area contributed by atoms with Crippen LogP contribution in [0.1, 0.15) is 70.6 Å². The molecular weight excluding hydrogens is 1180 g/mol. The quantitative estimate of drug-likeness (QED) is 0.0821. The minimum Gasteiger partial charge on any atom is -0.383 e. The zero-order chi connectivity index (χ0) is 61.2. The summed E-state index contributed by atoms with van der Waals surface area (Å²) in [6.07, 6.45) is 24.7. The molecule has 90 heavy (non-hydrogen) atoms. The number of nitrogens with two attached hydrogens (primary N) is 2. The standard InChI is InChI=1S/C24H27N5OS.C23H27N7S.C22H23N5S/c30-23-19-15-20(31-24(19)26-16-25-23)22-21(18-9-4-3-5-10-18)27-17-29(22)14-8-13-28-11-6-1-2-7-12-28;1-28-10-12-29(13-11-28)8-5-9-30-16-27-20(17-6-3-2-4-7-17)21(30)19-14-18-22(24)25-15-26-23(18)31-19;23-21-17-11-18(28-22(17)25-13-24-21)20-19(16-9-5-2-6-10-16)26-14-27(20)12-15-7-3-1-4-8-15/h3-5,9-10,15-17H,1-2,6-8,11-14H2,(H,25,26,30);2-4,6-7,14-16H,5,8-13H2,1H3,(H2,24,25,26);2,5-6,9-11,13-15H,1,3-4,7-8,12H2,(H2,23,24,25). The number of hydrogen-bond acceptors (Lipinski definition) is 17. The van der Waals surface area contributed by atoms with Crippen LogP contribution in [0.25, 0.3) is 96.1 Å². The zero-order valence-corrected chi connectivity index (χ0v) is 53.5. The average molecular weight is 1260 g/mol. The Balaban J connectivity index is 0.000000124. The third-order valence-electron chi connectivity index (χ3n) is 17.6. The minimum atomic E-state index is -0.0963. The van der Waals surface area contributed by atoms with Crippen molar-refractivity contribution in [2.75, 3.05) is 70.9 Å². The Morgan fingerprint density at radius 3 is 1.36 bits per heavy atom. The number of nitrogens with zero attached hydrogens (tertiary/aromatic N) is 14. The van der Waals surface area contributed by atoms with Crippen molar-refractivity contribution in [1.82, 2.24) is 73.3 Å². The number of nitrogen functional groups attached to an aromatic ring is 2. The van der Waals surface area contributed by atoms with Gasteiger partial charge in [0.1, 0.15) is 38.8 Å². The number of fused-ring (bicyclic) bond motifs is 3. The molecular formula is C69H77N17OS3. The summed E-state index contributed by atoms with van der Waals surface area (Å²) in [5.74, 6) is 1.78. The number of aryl methyl sites for hydroxylation is 2. The summed E-state index contributed by atoms with van der Waals surface area (Å²) >= 11 is 4.86. The van der Waals surface area contributed by atoms with Crippen LogP contribution in [0.5, 0.6) is 0 Å². The van der Waals surface area contributed by atoms with Crippen molar-refractivity contribution < 1.29 is 0 Å². The molecule has 0 spiro atoms. The summed E-state index contributed by atoms with van der Waals surface area (Å²) in [4.78, 5) is 64.3. The van der Waals surface area contributed by atoms with Gasteiger partial charge in [-0.1, -0.05) is 123 Å². The van der Waals surface area contributed by atoms with Crippen LogP contribution in [-0.2, 0) is 19.6 Å². The van der Waals surface area contributed by atoms with E-state index in [4.69, 9.17) is 26.4 Å². The smallest absolute Gasteiger partial charge is 0.259 e. The number of piperazine rings is 1. The van der Waals surface area contributed by atoms with Crippen LogP contribution in [0.15, 0.2) is 152 Å². The molecule has 2 saturated heterocycles. The lowest BCUT2D eigenvalue weighted by atomic mass is 9.89. The molecule has 0 unspecified atom stereocenters. The summed E-state index contributed by atoms with van der Waals surface area (Å²) < 4.78 is 6.87. The number of thiophene rings is 3. The Morgan fingerprint density at radius 1 is 0.467 bits per heavy atom. The maximum absolute atomic E-state index is 12.3. The molecule has 0 amide bonds. The number of benzene rings is 3. The van der Waals surface area contributed by atoms with Gasteiger partial charge in [0.05, 0.1) is 90.3 Å². The Kier molecular flexibility index (Phi) is 19.3. The number of likely N-dealkylation sites (N-methyl/N-ethyl adjacent to an activating group) is 1. The molecule has 0 radical (unpaired) electrons. The zero-order valence-electron chi connectivity index (χ0n) is 51.0. The van der Waals surface area contributed by atoms with E-state index in [9.17, 15) is 4.79 Å². The van der Waals surface area contributed by atoms with Crippen LogP contribution in [0.4, 0.5) is 11.6 Å². The molecule has 3 aromatic carbocycles. The fourth-order valence-electron chi connectivity index (χ4n) is 12.8. The first kappa shape index (κ1) is 60.6. The number of hydrogen-bond donors (Lipinski definition) is 3. The van der Waals surface area contributed by atoms with E-state index in [1.54, 1.807) is 34.0 Å². The van der Waals surface area contributed by atoms with E-state index in [2.05, 4.69) is 138 Å². The Morgan fingerprint density at radius 2 is 0.889 bits per heavy atom. The molecule has 18 nitrogen and oxygen atoms in total. The second-order valence-corrected chi connectivity index (χ2v) is 26.9. The number of imidazole rings is 3. The molecule has 0 atom stereocenters. The Bertz CT molecular complexity index is 4340. The second-order valence-electron chi connectivity index (χ2n) is 23.8. The highest BCUT2D eigenvalue weighted by Crippen LogP contribution is 2.42. The van der Waals surface area contributed by atoms with Gasteiger partial charge in [-0.15, -0.1) is 34.0 Å². The lowest BCUT2D eigenvalue weighted by molar-refractivity contribution is 0.151. The van der Waals surface area contributed by atoms with Crippen molar-refractivity contribution in [3.05, 3.63) is 158 Å². The van der Waals surface area contributed by atoms with E-state index < -0.39 is 0 Å². The van der Waals surface area contributed by atoms with Gasteiger partial charge in [0, 0.05) is 62.5 Å². The Hall–Kier alpha value is -8.31. The van der Waals surface area contributed by atoms with Gasteiger partial charge in [-0.3, -0.25) is 4.79 Å². The number of aromatic nitrogens is 12. The monoisotopic (exact) mass is 1260 g/mol. The highest BCUT2D eigenvalue weighted by atomic mass is 32.1. The van der Waals surface area contributed by atoms with Crippen molar-refractivity contribution in [3.63, 3.8) is 0 Å². The highest BCUT2D eigenvalue weighted by molar-refractivity contribution is 7.22. The number of rotatable bonds is 16. The first-order valence-electron chi connectivity index (χ1n) is 31.7. The molecule has 11 heterocycles. The molecule has 2 aliphatic heterocycles. The summed E-state index contributed by atoms with van der Waals surface area (Å²) in [7, 11) is 2.20. The van der Waals surface area contributed by atoms with Gasteiger partial charge in [0.25, 0.3) is 5.56 Å². The van der Waals surface area contributed by atoms with Gasteiger partial charge in [-0.25, -0.2) is 39.9 Å². The summed E-state index contributed by atoms with van der Waals surface area (Å²) in [6, 6.07) is 37.2. The van der Waals surface area contributed by atoms with Gasteiger partial charge in [0.2, 0.25) is 0 Å². The van der Waals surface area contributed by atoms with Crippen LogP contribution in [0, 0.1) is 5.92 Å². The van der Waals surface area contributed by atoms with Gasteiger partial charge in [-0.2, -0.15) is 0 Å². The number of nitrogens with one attached hydrogen (secondary N) is 1. The minimum absolute atomic E-state index is 0.0963. The van der Waals surface area contributed by atoms with Gasteiger partial charge in [0.15, 0.2) is 0 Å². The van der Waals surface area contributed by atoms with Gasteiger partial charge >= 0.3 is 0 Å². The van der Waals surface area contributed by atoms with Crippen molar-refractivity contribution in [2.24, 2.45) is 5.92 Å². The average Bonchev–Trinajstić information content (AvgIpc) is 3.91. The molecule has 3 fully saturated rings. The number of anilines is 2. The van der Waals surface area contributed by atoms with Crippen molar-refractivity contribution >= 4 is 76.3 Å². The largest absolute Gasteiger partial charge is 0.383 e. The van der Waals surface area contributed by atoms with Crippen LogP contribution >= 0.6 is 34.0 Å². The first-order valence-corrected chi connectivity index (χ1v) is 34.2. The summed E-state index contributed by atoms with van der Waals surface area (Å²) in [5, 5.41) is 2.47. The third-order valence-corrected chi connectivity index (χ3v) is 20.8. The van der Waals surface area contributed by atoms with Crippen LogP contribution in [0.2, 0.25) is 0 Å². The maximum atomic E-state index is 12.3. The van der Waals surface area contributed by atoms with Crippen molar-refractivity contribution in [2.45, 2.75) is 90.3 Å². The van der Waals surface area contributed by atoms with Crippen LogP contribution < -0.4 is 17.0 Å². The third kappa shape index (κ3) is 14.0. The maximum Gasteiger partial charge on any atom is 0.259 e. The van der Waals surface area contributed by atoms with Gasteiger partial charge in [-0.05, 0) is 95.9 Å². The van der Waals surface area contributed by atoms with E-state index in [0.717, 1.165) is 163 Å². The molecule has 5 N–H and O–H groups in total. The molecule has 0 bridgehead atoms. The molecule has 3 aliphatic rings. The van der Waals surface area contributed by atoms with Crippen LogP contribution in [-0.4, -0.2) is 133 Å². The fourth-order valence-corrected chi connectivity index (χ4v) is 16.0. The summed E-state index contributed by atoms with van der Waals surface area (Å²) in [5.41, 5.74) is 21.8. The first-order chi connectivity index (χ1) is 44.3. The van der Waals surface area contributed by atoms with Crippen molar-refractivity contribution in [3.8, 4) is 65.5 Å². The van der Waals surface area contributed by atoms with E-state index >= 15 is 0 Å². The molecule has 9 aromatic heterocycles. The van der Waals surface area contributed by atoms with E-state index in [1.165, 1.54) is 95.6 Å². The Labute approximate surface area is 536 Å². The molecule has 21 heteroatoms. The lowest BCUT2D eigenvalue weighted by Gasteiger charge is -2.32. The SMILES string of the molecule is CN1CCN(CCCn2cnc(-c3ccccc3)c2-c2cc3c(N)ncnc3s2)CC1.Nc1ncnc2sc(-c3c(-c4ccccc4)ncn3CC3CCCCC3)cc12.O=c1[nH]cnc2sc(-c3c(-c4ccccc4)ncn3CCCN3CCCCCC3)cc12. The molecule has 462 valence electrons. The molecule has 12 aromatic rings. The van der Waals surface area contributed by atoms with E-state index in [1.807, 2.05) is 55.4 Å². The molecule has 1 aliphatic carbocycles.